The van der Waals surface area contributed by atoms with Crippen molar-refractivity contribution in [3.05, 3.63) is 55.1 Å². The molecular formula is C18H23N3O2S. The Labute approximate surface area is 145 Å². The molecule has 0 radical (unpaired) electrons. The number of fused-ring (bicyclic) bond motifs is 1. The largest absolute Gasteiger partial charge is 0.334 e. The number of aromatic amines is 1. The second-order valence-electron chi connectivity index (χ2n) is 6.27. The number of pyridine rings is 1. The minimum Gasteiger partial charge on any atom is -0.334 e. The van der Waals surface area contributed by atoms with Crippen LogP contribution in [-0.2, 0) is 13.0 Å². The van der Waals surface area contributed by atoms with Gasteiger partial charge in [0.05, 0.1) is 12.6 Å². The van der Waals surface area contributed by atoms with Crippen molar-refractivity contribution < 1.29 is 4.79 Å². The summed E-state index contributed by atoms with van der Waals surface area (Å²) in [6, 6.07) is 4.08. The van der Waals surface area contributed by atoms with E-state index in [0.29, 0.717) is 5.56 Å². The van der Waals surface area contributed by atoms with Crippen molar-refractivity contribution in [2.75, 3.05) is 6.54 Å². The van der Waals surface area contributed by atoms with E-state index < -0.39 is 0 Å². The van der Waals surface area contributed by atoms with Crippen molar-refractivity contribution in [3.8, 4) is 0 Å². The molecule has 2 aromatic rings. The summed E-state index contributed by atoms with van der Waals surface area (Å²) in [5, 5.41) is 5.03. The third-order valence-corrected chi connectivity index (χ3v) is 5.65. The smallest absolute Gasteiger partial charge is 0.318 e. The molecule has 2 amide bonds. The van der Waals surface area contributed by atoms with Gasteiger partial charge in [0.1, 0.15) is 0 Å². The molecule has 0 spiro atoms. The second-order valence-corrected chi connectivity index (χ2v) is 7.27. The maximum atomic E-state index is 12.7. The monoisotopic (exact) mass is 345 g/mol. The summed E-state index contributed by atoms with van der Waals surface area (Å²) in [7, 11) is 0. The van der Waals surface area contributed by atoms with Crippen molar-refractivity contribution in [2.45, 2.75) is 46.2 Å². The molecule has 128 valence electrons. The molecule has 1 atom stereocenters. The Kier molecular flexibility index (Phi) is 4.76. The molecular weight excluding hydrogens is 322 g/mol. The summed E-state index contributed by atoms with van der Waals surface area (Å²) < 4.78 is 0. The van der Waals surface area contributed by atoms with Crippen LogP contribution in [0.5, 0.6) is 0 Å². The predicted octanol–water partition coefficient (Wildman–Crippen LogP) is 3.27. The van der Waals surface area contributed by atoms with Crippen LogP contribution in [0, 0.1) is 13.8 Å². The van der Waals surface area contributed by atoms with Crippen molar-refractivity contribution in [1.29, 1.82) is 0 Å². The number of hydrogen-bond donors (Lipinski definition) is 2. The number of aromatic nitrogens is 1. The molecule has 0 bridgehead atoms. The first-order valence-corrected chi connectivity index (χ1v) is 9.19. The van der Waals surface area contributed by atoms with Gasteiger partial charge < -0.3 is 15.2 Å². The molecule has 2 aromatic heterocycles. The van der Waals surface area contributed by atoms with Gasteiger partial charge in [-0.25, -0.2) is 4.79 Å². The zero-order valence-corrected chi connectivity index (χ0v) is 15.1. The van der Waals surface area contributed by atoms with E-state index in [1.807, 2.05) is 24.8 Å². The summed E-state index contributed by atoms with van der Waals surface area (Å²) in [5.41, 5.74) is 3.50. The summed E-state index contributed by atoms with van der Waals surface area (Å²) in [5.74, 6) is 0. The lowest BCUT2D eigenvalue weighted by atomic mass is 9.98. The number of carbonyl (C=O) groups is 1. The van der Waals surface area contributed by atoms with Gasteiger partial charge in [-0.05, 0) is 55.3 Å². The number of nitrogens with one attached hydrogen (secondary N) is 2. The van der Waals surface area contributed by atoms with E-state index in [-0.39, 0.29) is 24.2 Å². The molecule has 0 saturated heterocycles. The molecule has 1 aliphatic heterocycles. The van der Waals surface area contributed by atoms with Gasteiger partial charge in [-0.3, -0.25) is 4.79 Å². The van der Waals surface area contributed by atoms with Crippen LogP contribution < -0.4 is 10.9 Å². The minimum absolute atomic E-state index is 0.0990. The summed E-state index contributed by atoms with van der Waals surface area (Å²) >= 11 is 1.77. The number of carbonyl (C=O) groups excluding carboxylic acids is 1. The van der Waals surface area contributed by atoms with Gasteiger partial charge in [0.25, 0.3) is 5.56 Å². The molecule has 5 nitrogen and oxygen atoms in total. The fourth-order valence-electron chi connectivity index (χ4n) is 3.45. The van der Waals surface area contributed by atoms with E-state index in [4.69, 9.17) is 0 Å². The van der Waals surface area contributed by atoms with E-state index in [1.54, 1.807) is 11.3 Å². The number of H-pyrrole nitrogens is 1. The van der Waals surface area contributed by atoms with Gasteiger partial charge in [0, 0.05) is 22.7 Å². The highest BCUT2D eigenvalue weighted by Gasteiger charge is 2.30. The topological polar surface area (TPSA) is 65.2 Å². The lowest BCUT2D eigenvalue weighted by molar-refractivity contribution is 0.167. The summed E-state index contributed by atoms with van der Waals surface area (Å²) in [4.78, 5) is 30.8. The lowest BCUT2D eigenvalue weighted by Crippen LogP contribution is -2.45. The van der Waals surface area contributed by atoms with Gasteiger partial charge in [-0.1, -0.05) is 6.92 Å². The van der Waals surface area contributed by atoms with E-state index in [0.717, 1.165) is 30.6 Å². The highest BCUT2D eigenvalue weighted by molar-refractivity contribution is 7.10. The minimum atomic E-state index is -0.126. The van der Waals surface area contributed by atoms with Crippen LogP contribution in [0.3, 0.4) is 0 Å². The average Bonchev–Trinajstić information content (AvgIpc) is 3.01. The molecule has 24 heavy (non-hydrogen) atoms. The molecule has 1 aliphatic rings. The first-order valence-electron chi connectivity index (χ1n) is 8.31. The van der Waals surface area contributed by atoms with E-state index >= 15 is 0 Å². The SMILES string of the molecule is CC[C@@H]1c2ccsc2CCN1C(=O)NCc1c(C)cc(C)[nH]c1=O. The third kappa shape index (κ3) is 3.11. The Morgan fingerprint density at radius 3 is 2.96 bits per heavy atom. The Morgan fingerprint density at radius 1 is 1.46 bits per heavy atom. The number of aryl methyl sites for hydroxylation is 2. The zero-order chi connectivity index (χ0) is 17.3. The van der Waals surface area contributed by atoms with Gasteiger partial charge >= 0.3 is 6.03 Å². The molecule has 3 heterocycles. The van der Waals surface area contributed by atoms with E-state index in [1.165, 1.54) is 10.4 Å². The molecule has 0 saturated carbocycles. The van der Waals surface area contributed by atoms with Gasteiger partial charge in [0.15, 0.2) is 0 Å². The van der Waals surface area contributed by atoms with E-state index in [9.17, 15) is 9.59 Å². The van der Waals surface area contributed by atoms with Crippen LogP contribution >= 0.6 is 11.3 Å². The fraction of sp³-hybridized carbons (Fsp3) is 0.444. The number of thiophene rings is 1. The average molecular weight is 345 g/mol. The molecule has 0 aromatic carbocycles. The molecule has 6 heteroatoms. The number of hydrogen-bond acceptors (Lipinski definition) is 3. The standard InChI is InChI=1S/C18H23N3O2S/c1-4-15-13-6-8-24-16(13)5-7-21(15)18(23)19-10-14-11(2)9-12(3)20-17(14)22/h6,8-9,15H,4-5,7,10H2,1-3H3,(H,19,23)(H,20,22)/t15-/m1/s1. The number of rotatable bonds is 3. The first kappa shape index (κ1) is 16.8. The Balaban J connectivity index is 1.73. The van der Waals surface area contributed by atoms with E-state index in [2.05, 4.69) is 28.7 Å². The van der Waals surface area contributed by atoms with Crippen molar-refractivity contribution in [2.24, 2.45) is 0 Å². The quantitative estimate of drug-likeness (QED) is 0.897. The molecule has 0 fully saturated rings. The Bertz CT molecular complexity index is 809. The predicted molar refractivity (Wildman–Crippen MR) is 96.5 cm³/mol. The maximum Gasteiger partial charge on any atom is 0.318 e. The van der Waals surface area contributed by atoms with Crippen LogP contribution in [0.4, 0.5) is 4.79 Å². The van der Waals surface area contributed by atoms with Crippen LogP contribution in [0.2, 0.25) is 0 Å². The van der Waals surface area contributed by atoms with Crippen molar-refractivity contribution in [3.63, 3.8) is 0 Å². The summed E-state index contributed by atoms with van der Waals surface area (Å²) in [6.45, 7) is 6.84. The maximum absolute atomic E-state index is 12.7. The highest BCUT2D eigenvalue weighted by Crippen LogP contribution is 2.35. The highest BCUT2D eigenvalue weighted by atomic mass is 32.1. The number of urea groups is 1. The lowest BCUT2D eigenvalue weighted by Gasteiger charge is -2.35. The van der Waals surface area contributed by atoms with Crippen LogP contribution in [-0.4, -0.2) is 22.5 Å². The van der Waals surface area contributed by atoms with Crippen molar-refractivity contribution >= 4 is 17.4 Å². The normalized spacial score (nSPS) is 16.8. The van der Waals surface area contributed by atoms with Crippen LogP contribution in [0.15, 0.2) is 22.3 Å². The van der Waals surface area contributed by atoms with Crippen LogP contribution in [0.1, 0.15) is 46.6 Å². The molecule has 0 unspecified atom stereocenters. The Morgan fingerprint density at radius 2 is 2.25 bits per heavy atom. The molecule has 0 aliphatic carbocycles. The second kappa shape index (κ2) is 6.81. The van der Waals surface area contributed by atoms with Gasteiger partial charge in [-0.2, -0.15) is 0 Å². The molecule has 3 rings (SSSR count). The van der Waals surface area contributed by atoms with Gasteiger partial charge in [0.2, 0.25) is 0 Å². The zero-order valence-electron chi connectivity index (χ0n) is 14.3. The summed E-state index contributed by atoms with van der Waals surface area (Å²) in [6.07, 6.45) is 1.79. The van der Waals surface area contributed by atoms with Crippen molar-refractivity contribution in [1.82, 2.24) is 15.2 Å². The third-order valence-electron chi connectivity index (χ3n) is 4.65. The Hall–Kier alpha value is -2.08. The molecule has 2 N–H and O–H groups in total. The van der Waals surface area contributed by atoms with Crippen LogP contribution in [0.25, 0.3) is 0 Å². The van der Waals surface area contributed by atoms with Gasteiger partial charge in [-0.15, -0.1) is 11.3 Å². The number of nitrogens with zero attached hydrogens (tertiary/aromatic N) is 1. The number of amides is 2. The first-order chi connectivity index (χ1) is 11.5. The fourth-order valence-corrected chi connectivity index (χ4v) is 4.37.